The van der Waals surface area contributed by atoms with Crippen LogP contribution >= 0.6 is 0 Å². The normalized spacial score (nSPS) is 10.6. The Hall–Kier alpha value is -7.88. The molecule has 0 aliphatic carbocycles. The first-order valence-electron chi connectivity index (χ1n) is 16.2. The van der Waals surface area contributed by atoms with Gasteiger partial charge in [-0.15, -0.1) is 0 Å². The highest BCUT2D eigenvalue weighted by Gasteiger charge is 2.25. The largest absolute Gasteiger partial charge is 0.423 e. The Bertz CT molecular complexity index is 2340. The molecule has 2 aromatic heterocycles. The van der Waals surface area contributed by atoms with Gasteiger partial charge in [0.1, 0.15) is 17.8 Å². The van der Waals surface area contributed by atoms with Crippen LogP contribution in [0.3, 0.4) is 0 Å². The van der Waals surface area contributed by atoms with E-state index in [2.05, 4.69) is 51.4 Å². The standard InChI is InChI=1S/C38H30N10O6/c1-23(49)42-30-16-10-9-15-28(30)35(51)54-33-25(17-18-29(32(33)43-24(2)50)36(52)53-27-13-7-4-8-14-27)21-41-48-38-46-34(31-19-20-39-22-40-31)45-37(47-38)44-26-11-5-3-6-12-26/h3-22H,1-2H3,(H,42,49)(H,43,50)(H2,44,45,46,47,48)/b41-21+. The molecule has 0 atom stereocenters. The Morgan fingerprint density at radius 3 is 2.09 bits per heavy atom. The van der Waals surface area contributed by atoms with Gasteiger partial charge in [-0.1, -0.05) is 48.5 Å². The van der Waals surface area contributed by atoms with Crippen molar-refractivity contribution in [3.63, 3.8) is 0 Å². The molecule has 268 valence electrons. The maximum absolute atomic E-state index is 13.7. The van der Waals surface area contributed by atoms with E-state index in [0.717, 1.165) is 5.69 Å². The molecule has 16 heteroatoms. The highest BCUT2D eigenvalue weighted by atomic mass is 16.5. The highest BCUT2D eigenvalue weighted by molar-refractivity contribution is 6.08. The van der Waals surface area contributed by atoms with Crippen LogP contribution in [0.15, 0.2) is 121 Å². The smallest absolute Gasteiger partial charge is 0.345 e. The second-order valence-corrected chi connectivity index (χ2v) is 11.2. The minimum Gasteiger partial charge on any atom is -0.423 e. The molecule has 6 aromatic rings. The van der Waals surface area contributed by atoms with E-state index in [0.29, 0.717) is 5.69 Å². The molecule has 0 aliphatic heterocycles. The summed E-state index contributed by atoms with van der Waals surface area (Å²) < 4.78 is 11.4. The Labute approximate surface area is 307 Å². The maximum atomic E-state index is 13.7. The first-order valence-corrected chi connectivity index (χ1v) is 16.2. The molecular formula is C38H30N10O6. The number of carbonyl (C=O) groups is 4. The van der Waals surface area contributed by atoms with Crippen LogP contribution in [0, 0.1) is 0 Å². The van der Waals surface area contributed by atoms with Gasteiger partial charge in [0, 0.05) is 31.3 Å². The molecule has 0 unspecified atom stereocenters. The molecule has 4 aromatic carbocycles. The van der Waals surface area contributed by atoms with Crippen LogP contribution in [0.2, 0.25) is 0 Å². The topological polar surface area (TPSA) is 212 Å². The fourth-order valence-electron chi connectivity index (χ4n) is 4.87. The third-order valence-corrected chi connectivity index (χ3v) is 7.16. The van der Waals surface area contributed by atoms with Crippen LogP contribution < -0.4 is 30.8 Å². The van der Waals surface area contributed by atoms with Gasteiger partial charge in [0.15, 0.2) is 11.6 Å². The third-order valence-electron chi connectivity index (χ3n) is 7.16. The lowest BCUT2D eigenvalue weighted by Crippen LogP contribution is -2.20. The zero-order valence-electron chi connectivity index (χ0n) is 28.7. The van der Waals surface area contributed by atoms with Crippen molar-refractivity contribution in [2.24, 2.45) is 5.10 Å². The van der Waals surface area contributed by atoms with Crippen LogP contribution in [0.4, 0.5) is 29.0 Å². The number of rotatable bonds is 12. The number of ether oxygens (including phenoxy) is 2. The molecule has 0 bridgehead atoms. The van der Waals surface area contributed by atoms with Gasteiger partial charge < -0.3 is 25.4 Å². The van der Waals surface area contributed by atoms with E-state index >= 15 is 0 Å². The molecule has 6 rings (SSSR count). The molecule has 4 N–H and O–H groups in total. The zero-order chi connectivity index (χ0) is 37.9. The van der Waals surface area contributed by atoms with Crippen LogP contribution in [-0.4, -0.2) is 54.9 Å². The molecule has 2 heterocycles. The molecule has 0 spiro atoms. The third kappa shape index (κ3) is 9.26. The molecule has 16 nitrogen and oxygen atoms in total. The molecule has 0 fully saturated rings. The Morgan fingerprint density at radius 2 is 1.37 bits per heavy atom. The number of esters is 2. The minimum absolute atomic E-state index is 0.000589. The van der Waals surface area contributed by atoms with Crippen molar-refractivity contribution >= 4 is 58.9 Å². The van der Waals surface area contributed by atoms with Crippen molar-refractivity contribution in [3.8, 4) is 23.0 Å². The summed E-state index contributed by atoms with van der Waals surface area (Å²) in [6.07, 6.45) is 4.18. The van der Waals surface area contributed by atoms with E-state index in [9.17, 15) is 19.2 Å². The molecule has 0 aliphatic rings. The van der Waals surface area contributed by atoms with Gasteiger partial charge in [-0.3, -0.25) is 9.59 Å². The summed E-state index contributed by atoms with van der Waals surface area (Å²) in [6.45, 7) is 2.52. The number of nitrogens with zero attached hydrogens (tertiary/aromatic N) is 6. The summed E-state index contributed by atoms with van der Waals surface area (Å²) in [5, 5.41) is 12.6. The Kier molecular flexibility index (Phi) is 11.2. The summed E-state index contributed by atoms with van der Waals surface area (Å²) in [5.74, 6) is -2.34. The fraction of sp³-hybridized carbons (Fsp3) is 0.0526. The number of nitrogens with one attached hydrogen (secondary N) is 4. The van der Waals surface area contributed by atoms with Gasteiger partial charge in [0.05, 0.1) is 28.7 Å². The van der Waals surface area contributed by atoms with Gasteiger partial charge in [-0.2, -0.15) is 20.1 Å². The van der Waals surface area contributed by atoms with Gasteiger partial charge in [0.25, 0.3) is 0 Å². The van der Waals surface area contributed by atoms with E-state index in [1.165, 1.54) is 50.7 Å². The monoisotopic (exact) mass is 722 g/mol. The summed E-state index contributed by atoms with van der Waals surface area (Å²) in [5.41, 5.74) is 3.93. The van der Waals surface area contributed by atoms with E-state index in [1.807, 2.05) is 30.3 Å². The van der Waals surface area contributed by atoms with Gasteiger partial charge in [-0.05, 0) is 54.6 Å². The average molecular weight is 723 g/mol. The number of carbonyl (C=O) groups excluding carboxylic acids is 4. The molecular weight excluding hydrogens is 692 g/mol. The van der Waals surface area contributed by atoms with Crippen molar-refractivity contribution in [1.82, 2.24) is 24.9 Å². The van der Waals surface area contributed by atoms with Crippen molar-refractivity contribution in [2.75, 3.05) is 21.4 Å². The average Bonchev–Trinajstić information content (AvgIpc) is 3.16. The predicted octanol–water partition coefficient (Wildman–Crippen LogP) is 5.87. The highest BCUT2D eigenvalue weighted by Crippen LogP contribution is 2.35. The number of hydrogen-bond donors (Lipinski definition) is 4. The number of aromatic nitrogens is 5. The van der Waals surface area contributed by atoms with E-state index < -0.39 is 23.8 Å². The summed E-state index contributed by atoms with van der Waals surface area (Å²) in [4.78, 5) is 73.1. The second-order valence-electron chi connectivity index (χ2n) is 11.2. The minimum atomic E-state index is -0.911. The number of anilines is 5. The zero-order valence-corrected chi connectivity index (χ0v) is 28.7. The fourth-order valence-corrected chi connectivity index (χ4v) is 4.87. The maximum Gasteiger partial charge on any atom is 0.345 e. The molecule has 54 heavy (non-hydrogen) atoms. The van der Waals surface area contributed by atoms with E-state index in [-0.39, 0.29) is 57.3 Å². The first-order chi connectivity index (χ1) is 26.2. The van der Waals surface area contributed by atoms with Crippen molar-refractivity contribution in [1.29, 1.82) is 0 Å². The number of benzene rings is 4. The van der Waals surface area contributed by atoms with Gasteiger partial charge in [0.2, 0.25) is 23.7 Å². The molecule has 0 saturated heterocycles. The van der Waals surface area contributed by atoms with Gasteiger partial charge in [-0.25, -0.2) is 25.0 Å². The number of amides is 2. The quantitative estimate of drug-likeness (QED) is 0.0504. The molecule has 2 amide bonds. The van der Waals surface area contributed by atoms with E-state index in [1.54, 1.807) is 54.7 Å². The van der Waals surface area contributed by atoms with Crippen molar-refractivity contribution in [3.05, 3.63) is 132 Å². The second kappa shape index (κ2) is 16.9. The first kappa shape index (κ1) is 35.9. The van der Waals surface area contributed by atoms with Crippen LogP contribution in [-0.2, 0) is 9.59 Å². The lowest BCUT2D eigenvalue weighted by molar-refractivity contribution is -0.115. The van der Waals surface area contributed by atoms with Crippen LogP contribution in [0.5, 0.6) is 11.5 Å². The predicted molar refractivity (Wildman–Crippen MR) is 200 cm³/mol. The lowest BCUT2D eigenvalue weighted by atomic mass is 10.1. The SMILES string of the molecule is CC(=O)Nc1ccccc1C(=O)Oc1c(/C=N/Nc2nc(Nc3ccccc3)nc(-c3ccncn3)n2)ccc(C(=O)Oc2ccccc2)c1NC(C)=O. The molecule has 0 radical (unpaired) electrons. The number of para-hydroxylation sites is 3. The summed E-state index contributed by atoms with van der Waals surface area (Å²) in [6, 6.07) is 28.2. The van der Waals surface area contributed by atoms with Crippen molar-refractivity contribution in [2.45, 2.75) is 13.8 Å². The van der Waals surface area contributed by atoms with Crippen molar-refractivity contribution < 1.29 is 28.7 Å². The Morgan fingerprint density at radius 1 is 0.685 bits per heavy atom. The van der Waals surface area contributed by atoms with E-state index in [4.69, 9.17) is 9.47 Å². The Balaban J connectivity index is 1.39. The van der Waals surface area contributed by atoms with Crippen LogP contribution in [0.25, 0.3) is 11.5 Å². The van der Waals surface area contributed by atoms with Crippen LogP contribution in [0.1, 0.15) is 40.1 Å². The van der Waals surface area contributed by atoms with Gasteiger partial charge >= 0.3 is 11.9 Å². The number of hydrogen-bond acceptors (Lipinski definition) is 14. The number of hydrazone groups is 1. The summed E-state index contributed by atoms with van der Waals surface area (Å²) >= 11 is 0. The summed E-state index contributed by atoms with van der Waals surface area (Å²) in [7, 11) is 0. The molecule has 0 saturated carbocycles. The lowest BCUT2D eigenvalue weighted by Gasteiger charge is -2.17.